The topological polar surface area (TPSA) is 168 Å². The Kier molecular flexibility index (Phi) is 9.40. The van der Waals surface area contributed by atoms with Crippen LogP contribution in [-0.2, 0) is 25.6 Å². The molecule has 1 rings (SSSR count). The van der Waals surface area contributed by atoms with Crippen LogP contribution in [0.1, 0.15) is 32.8 Å². The summed E-state index contributed by atoms with van der Waals surface area (Å²) < 4.78 is 0. The van der Waals surface area contributed by atoms with E-state index in [0.29, 0.717) is 5.56 Å². The number of hydrogen-bond donors (Lipinski definition) is 4. The van der Waals surface area contributed by atoms with Gasteiger partial charge in [-0.1, -0.05) is 26.0 Å². The lowest BCUT2D eigenvalue weighted by Crippen LogP contribution is -2.51. The van der Waals surface area contributed by atoms with E-state index in [1.54, 1.807) is 0 Å². The highest BCUT2D eigenvalue weighted by atomic mass is 16.6. The smallest absolute Gasteiger partial charge is 0.326 e. The molecule has 0 aromatic heterocycles. The maximum Gasteiger partial charge on any atom is 0.326 e. The quantitative estimate of drug-likeness (QED) is 0.295. The number of benzene rings is 1. The van der Waals surface area contributed by atoms with Crippen molar-refractivity contribution >= 4 is 29.4 Å². The summed E-state index contributed by atoms with van der Waals surface area (Å²) in [5.74, 6) is -2.91. The van der Waals surface area contributed by atoms with Crippen molar-refractivity contribution < 1.29 is 29.2 Å². The third-order valence-corrected chi connectivity index (χ3v) is 4.04. The van der Waals surface area contributed by atoms with E-state index in [9.17, 15) is 29.3 Å². The first-order chi connectivity index (χ1) is 14.0. The van der Waals surface area contributed by atoms with Gasteiger partial charge in [-0.2, -0.15) is 0 Å². The second kappa shape index (κ2) is 11.5. The maximum atomic E-state index is 12.4. The molecule has 1 aromatic carbocycles. The van der Waals surface area contributed by atoms with E-state index in [4.69, 9.17) is 5.11 Å². The highest BCUT2D eigenvalue weighted by Gasteiger charge is 2.23. The molecular formula is C19H26N4O7. The fourth-order valence-electron chi connectivity index (χ4n) is 2.67. The average Bonchev–Trinajstić information content (AvgIpc) is 2.64. The summed E-state index contributed by atoms with van der Waals surface area (Å²) in [7, 11) is 0. The molecule has 164 valence electrons. The summed E-state index contributed by atoms with van der Waals surface area (Å²) in [6, 6.07) is 3.42. The van der Waals surface area contributed by atoms with Gasteiger partial charge in [0, 0.05) is 25.5 Å². The molecule has 0 aliphatic rings. The van der Waals surface area contributed by atoms with Crippen molar-refractivity contribution in [3.8, 4) is 0 Å². The van der Waals surface area contributed by atoms with Crippen LogP contribution in [-0.4, -0.2) is 52.3 Å². The molecule has 0 saturated carbocycles. The number of nitrogens with one attached hydrogen (secondary N) is 3. The standard InChI is InChI=1S/C19H26N4O7/c1-11(2)8-16(19(27)28)22-17(25)10-20-18(26)15(21-12(3)24)9-13-4-6-14(7-5-13)23(29)30/h4-7,11,15-16H,8-10H2,1-3H3,(H,20,26)(H,21,24)(H,22,25)(H,27,28). The number of nitro benzene ring substituents is 1. The number of aliphatic carboxylic acids is 1. The zero-order valence-electron chi connectivity index (χ0n) is 17.0. The molecule has 0 aliphatic carbocycles. The molecule has 4 N–H and O–H groups in total. The van der Waals surface area contributed by atoms with Crippen LogP contribution in [0, 0.1) is 16.0 Å². The maximum absolute atomic E-state index is 12.4. The van der Waals surface area contributed by atoms with Gasteiger partial charge in [-0.25, -0.2) is 4.79 Å². The van der Waals surface area contributed by atoms with Crippen molar-refractivity contribution in [2.45, 2.75) is 45.7 Å². The first-order valence-corrected chi connectivity index (χ1v) is 9.30. The van der Waals surface area contributed by atoms with E-state index in [1.165, 1.54) is 31.2 Å². The normalized spacial score (nSPS) is 12.5. The zero-order chi connectivity index (χ0) is 22.8. The molecule has 0 aliphatic heterocycles. The molecule has 0 bridgehead atoms. The van der Waals surface area contributed by atoms with Gasteiger partial charge in [0.1, 0.15) is 12.1 Å². The molecule has 11 heteroatoms. The second-order valence-corrected chi connectivity index (χ2v) is 7.19. The Balaban J connectivity index is 2.72. The summed E-state index contributed by atoms with van der Waals surface area (Å²) in [6.45, 7) is 4.41. The van der Waals surface area contributed by atoms with Crippen molar-refractivity contribution in [3.05, 3.63) is 39.9 Å². The van der Waals surface area contributed by atoms with Gasteiger partial charge in [0.15, 0.2) is 0 Å². The van der Waals surface area contributed by atoms with Gasteiger partial charge in [-0.05, 0) is 17.9 Å². The summed E-state index contributed by atoms with van der Waals surface area (Å²) in [6.07, 6.45) is 0.291. The Morgan fingerprint density at radius 1 is 1.07 bits per heavy atom. The van der Waals surface area contributed by atoms with E-state index in [2.05, 4.69) is 16.0 Å². The van der Waals surface area contributed by atoms with Crippen LogP contribution >= 0.6 is 0 Å². The molecule has 11 nitrogen and oxygen atoms in total. The Morgan fingerprint density at radius 2 is 1.67 bits per heavy atom. The number of nitrogens with zero attached hydrogens (tertiary/aromatic N) is 1. The van der Waals surface area contributed by atoms with Gasteiger partial charge in [-0.15, -0.1) is 0 Å². The molecule has 3 amide bonds. The molecule has 1 aromatic rings. The summed E-state index contributed by atoms with van der Waals surface area (Å²) in [5, 5.41) is 27.1. The Bertz CT molecular complexity index is 793. The van der Waals surface area contributed by atoms with E-state index in [1.807, 2.05) is 13.8 Å². The predicted molar refractivity (Wildman–Crippen MR) is 106 cm³/mol. The molecule has 0 saturated heterocycles. The largest absolute Gasteiger partial charge is 0.480 e. The molecule has 2 atom stereocenters. The number of carbonyl (C=O) groups is 4. The third-order valence-electron chi connectivity index (χ3n) is 4.04. The highest BCUT2D eigenvalue weighted by molar-refractivity contribution is 5.91. The molecule has 2 unspecified atom stereocenters. The van der Waals surface area contributed by atoms with Crippen LogP contribution < -0.4 is 16.0 Å². The Morgan fingerprint density at radius 3 is 2.13 bits per heavy atom. The minimum Gasteiger partial charge on any atom is -0.480 e. The molecule has 30 heavy (non-hydrogen) atoms. The lowest BCUT2D eigenvalue weighted by molar-refractivity contribution is -0.384. The fraction of sp³-hybridized carbons (Fsp3) is 0.474. The summed E-state index contributed by atoms with van der Waals surface area (Å²) in [5.41, 5.74) is 0.465. The van der Waals surface area contributed by atoms with Gasteiger partial charge in [0.25, 0.3) is 5.69 Å². The highest BCUT2D eigenvalue weighted by Crippen LogP contribution is 2.13. The molecule has 0 radical (unpaired) electrons. The van der Waals surface area contributed by atoms with Crippen molar-refractivity contribution in [1.82, 2.24) is 16.0 Å². The number of amides is 3. The SMILES string of the molecule is CC(=O)NC(Cc1ccc([N+](=O)[O-])cc1)C(=O)NCC(=O)NC(CC(C)C)C(=O)O. The van der Waals surface area contributed by atoms with Gasteiger partial charge < -0.3 is 21.1 Å². The fourth-order valence-corrected chi connectivity index (χ4v) is 2.67. The van der Waals surface area contributed by atoms with Crippen LogP contribution in [0.4, 0.5) is 5.69 Å². The van der Waals surface area contributed by atoms with E-state index in [-0.39, 0.29) is 24.4 Å². The number of non-ortho nitro benzene ring substituents is 1. The van der Waals surface area contributed by atoms with E-state index in [0.717, 1.165) is 0 Å². The van der Waals surface area contributed by atoms with Gasteiger partial charge in [0.05, 0.1) is 11.5 Å². The molecule has 0 spiro atoms. The lowest BCUT2D eigenvalue weighted by Gasteiger charge is -2.19. The lowest BCUT2D eigenvalue weighted by atomic mass is 10.0. The minimum atomic E-state index is -1.17. The summed E-state index contributed by atoms with van der Waals surface area (Å²) in [4.78, 5) is 57.3. The van der Waals surface area contributed by atoms with Crippen LogP contribution in [0.5, 0.6) is 0 Å². The molecule has 0 heterocycles. The number of rotatable bonds is 11. The Hall–Kier alpha value is -3.50. The molecule has 0 fully saturated rings. The van der Waals surface area contributed by atoms with Crippen LogP contribution in [0.15, 0.2) is 24.3 Å². The van der Waals surface area contributed by atoms with Crippen LogP contribution in [0.2, 0.25) is 0 Å². The van der Waals surface area contributed by atoms with Gasteiger partial charge >= 0.3 is 5.97 Å². The number of carbonyl (C=O) groups excluding carboxylic acids is 3. The second-order valence-electron chi connectivity index (χ2n) is 7.19. The van der Waals surface area contributed by atoms with E-state index < -0.39 is 47.2 Å². The Labute approximate surface area is 173 Å². The average molecular weight is 422 g/mol. The van der Waals surface area contributed by atoms with Gasteiger partial charge in [-0.3, -0.25) is 24.5 Å². The minimum absolute atomic E-state index is 0.0480. The van der Waals surface area contributed by atoms with Crippen molar-refractivity contribution in [2.24, 2.45) is 5.92 Å². The number of hydrogen-bond acceptors (Lipinski definition) is 6. The van der Waals surface area contributed by atoms with Crippen molar-refractivity contribution in [3.63, 3.8) is 0 Å². The third kappa shape index (κ3) is 8.67. The van der Waals surface area contributed by atoms with Crippen molar-refractivity contribution in [1.29, 1.82) is 0 Å². The van der Waals surface area contributed by atoms with Crippen LogP contribution in [0.25, 0.3) is 0 Å². The predicted octanol–water partition coefficient (Wildman–Crippen LogP) is 0.374. The van der Waals surface area contributed by atoms with Gasteiger partial charge in [0.2, 0.25) is 17.7 Å². The first-order valence-electron chi connectivity index (χ1n) is 9.30. The zero-order valence-corrected chi connectivity index (χ0v) is 17.0. The summed E-state index contributed by atoms with van der Waals surface area (Å²) >= 11 is 0. The number of carboxylic acid groups (broad SMARTS) is 1. The van der Waals surface area contributed by atoms with E-state index >= 15 is 0 Å². The monoisotopic (exact) mass is 422 g/mol. The number of carboxylic acids is 1. The molecular weight excluding hydrogens is 396 g/mol. The van der Waals surface area contributed by atoms with Crippen molar-refractivity contribution in [2.75, 3.05) is 6.54 Å². The van der Waals surface area contributed by atoms with Crippen LogP contribution in [0.3, 0.4) is 0 Å². The first kappa shape index (κ1) is 24.5. The number of nitro groups is 1.